The van der Waals surface area contributed by atoms with Gasteiger partial charge in [0.05, 0.1) is 36.1 Å². The second-order valence-electron chi connectivity index (χ2n) is 13.3. The van der Waals surface area contributed by atoms with Crippen LogP contribution >= 0.6 is 0 Å². The summed E-state index contributed by atoms with van der Waals surface area (Å²) in [5, 5.41) is 14.9. The Morgan fingerprint density at radius 1 is 1.21 bits per heavy atom. The molecule has 4 fully saturated rings. The topological polar surface area (TPSA) is 113 Å². The summed E-state index contributed by atoms with van der Waals surface area (Å²) in [4.78, 5) is 29.8. The Labute approximate surface area is 268 Å². The second-order valence-corrected chi connectivity index (χ2v) is 13.3. The number of pyridine rings is 1. The van der Waals surface area contributed by atoms with E-state index in [0.29, 0.717) is 73.2 Å². The van der Waals surface area contributed by atoms with Gasteiger partial charge in [-0.25, -0.2) is 13.2 Å². The first-order valence-corrected chi connectivity index (χ1v) is 16.1. The number of aromatic hydroxyl groups is 1. The lowest BCUT2D eigenvalue weighted by Gasteiger charge is -2.43. The van der Waals surface area contributed by atoms with E-state index in [-0.39, 0.29) is 47.5 Å². The smallest absolute Gasteiger partial charge is 0.319 e. The van der Waals surface area contributed by atoms with Crippen LogP contribution in [0.3, 0.4) is 0 Å². The highest BCUT2D eigenvalue weighted by atomic mass is 19.1. The maximum absolute atomic E-state index is 16.9. The highest BCUT2D eigenvalue weighted by Gasteiger charge is 2.50. The normalized spacial score (nSPS) is 26.1. The van der Waals surface area contributed by atoms with Crippen LogP contribution in [0.15, 0.2) is 30.5 Å². The molecule has 1 spiro atoms. The zero-order chi connectivity index (χ0) is 32.5. The number of nitrogens with zero attached hydrogens (tertiary/aromatic N) is 5. The molecule has 4 aliphatic rings. The molecule has 1 amide bonds. The molecular weight excluding hydrogens is 613 g/mol. The molecule has 47 heavy (non-hydrogen) atoms. The van der Waals surface area contributed by atoms with Gasteiger partial charge < -0.3 is 24.8 Å². The van der Waals surface area contributed by atoms with Gasteiger partial charge in [0.1, 0.15) is 41.4 Å². The summed E-state index contributed by atoms with van der Waals surface area (Å²) in [6, 6.07) is 5.71. The number of aryl methyl sites for hydroxylation is 1. The Hall–Kier alpha value is -4.23. The number of phenolic OH excluding ortho intramolecular Hbond substituents is 1. The van der Waals surface area contributed by atoms with Crippen LogP contribution in [0.5, 0.6) is 11.8 Å². The van der Waals surface area contributed by atoms with Crippen LogP contribution in [-0.2, 0) is 16.0 Å². The molecule has 4 saturated heterocycles. The predicted molar refractivity (Wildman–Crippen MR) is 168 cm³/mol. The minimum Gasteiger partial charge on any atom is -0.508 e. The SMILES string of the molecule is CCc1c(F)ccc2cc(O)cc(-c3ncc4c(N5CCOCC6(CC(=O)N6)C5)nc(OC[C@@]56CCCN5CC(F)C6)nc4c3F)c12. The number of rotatable bonds is 6. The molecule has 6 heterocycles. The van der Waals surface area contributed by atoms with E-state index in [4.69, 9.17) is 14.5 Å². The van der Waals surface area contributed by atoms with E-state index < -0.39 is 28.9 Å². The Morgan fingerprint density at radius 3 is 2.87 bits per heavy atom. The largest absolute Gasteiger partial charge is 0.508 e. The van der Waals surface area contributed by atoms with Crippen molar-refractivity contribution in [2.75, 3.05) is 50.9 Å². The lowest BCUT2D eigenvalue weighted by Crippen LogP contribution is -2.67. The Kier molecular flexibility index (Phi) is 7.17. The molecule has 0 bridgehead atoms. The van der Waals surface area contributed by atoms with Crippen LogP contribution in [0, 0.1) is 11.6 Å². The highest BCUT2D eigenvalue weighted by Crippen LogP contribution is 2.42. The van der Waals surface area contributed by atoms with Crippen LogP contribution in [0.2, 0.25) is 0 Å². The minimum atomic E-state index is -0.945. The number of anilines is 1. The zero-order valence-corrected chi connectivity index (χ0v) is 26.0. The molecule has 0 aliphatic carbocycles. The van der Waals surface area contributed by atoms with Gasteiger partial charge in [-0.3, -0.25) is 14.7 Å². The van der Waals surface area contributed by atoms with Gasteiger partial charge in [-0.1, -0.05) is 13.0 Å². The second kappa shape index (κ2) is 11.2. The number of β-lactam (4-membered cyclic amide) rings is 1. The fourth-order valence-corrected chi connectivity index (χ4v) is 8.08. The first kappa shape index (κ1) is 30.1. The van der Waals surface area contributed by atoms with Crippen molar-refractivity contribution in [1.29, 1.82) is 0 Å². The summed E-state index contributed by atoms with van der Waals surface area (Å²) in [5.41, 5.74) is -0.633. The molecule has 4 aromatic rings. The molecule has 8 rings (SSSR count). The zero-order valence-electron chi connectivity index (χ0n) is 26.0. The third-order valence-corrected chi connectivity index (χ3v) is 10.2. The fourth-order valence-electron chi connectivity index (χ4n) is 8.08. The number of hydrogen-bond acceptors (Lipinski definition) is 9. The number of aromatic nitrogens is 3. The molecule has 2 aromatic carbocycles. The van der Waals surface area contributed by atoms with Crippen molar-refractivity contribution < 1.29 is 32.5 Å². The predicted octanol–water partition coefficient (Wildman–Crippen LogP) is 4.44. The number of carbonyl (C=O) groups excluding carboxylic acids is 1. The molecule has 3 atom stereocenters. The quantitative estimate of drug-likeness (QED) is 0.293. The van der Waals surface area contributed by atoms with Crippen molar-refractivity contribution in [3.63, 3.8) is 0 Å². The average Bonchev–Trinajstić information content (AvgIpc) is 3.46. The molecule has 0 saturated carbocycles. The summed E-state index contributed by atoms with van der Waals surface area (Å²) < 4.78 is 58.5. The van der Waals surface area contributed by atoms with E-state index in [2.05, 4.69) is 20.2 Å². The van der Waals surface area contributed by atoms with E-state index in [1.165, 1.54) is 24.4 Å². The molecule has 246 valence electrons. The number of carbonyl (C=O) groups is 1. The summed E-state index contributed by atoms with van der Waals surface area (Å²) in [6.45, 7) is 4.57. The molecule has 2 unspecified atom stereocenters. The van der Waals surface area contributed by atoms with E-state index in [1.54, 1.807) is 6.07 Å². The van der Waals surface area contributed by atoms with Gasteiger partial charge in [-0.05, 0) is 60.3 Å². The number of phenols is 1. The average molecular weight is 649 g/mol. The first-order valence-electron chi connectivity index (χ1n) is 16.1. The molecule has 2 aromatic heterocycles. The maximum Gasteiger partial charge on any atom is 0.319 e. The van der Waals surface area contributed by atoms with Crippen molar-refractivity contribution >= 4 is 33.4 Å². The van der Waals surface area contributed by atoms with Crippen LogP contribution in [0.4, 0.5) is 19.0 Å². The van der Waals surface area contributed by atoms with Crippen LogP contribution in [-0.4, -0.2) is 94.1 Å². The van der Waals surface area contributed by atoms with E-state index in [1.807, 2.05) is 11.8 Å². The first-order chi connectivity index (χ1) is 22.7. The minimum absolute atomic E-state index is 0.0617. The van der Waals surface area contributed by atoms with Crippen molar-refractivity contribution in [3.05, 3.63) is 47.7 Å². The summed E-state index contributed by atoms with van der Waals surface area (Å²) in [6.07, 6.45) is 3.23. The Bertz CT molecular complexity index is 1920. The third-order valence-electron chi connectivity index (χ3n) is 10.2. The molecule has 0 radical (unpaired) electrons. The lowest BCUT2D eigenvalue weighted by molar-refractivity contribution is -0.134. The number of alkyl halides is 1. The summed E-state index contributed by atoms with van der Waals surface area (Å²) in [5.74, 6) is -1.04. The summed E-state index contributed by atoms with van der Waals surface area (Å²) in [7, 11) is 0. The van der Waals surface area contributed by atoms with Crippen molar-refractivity contribution in [3.8, 4) is 23.0 Å². The van der Waals surface area contributed by atoms with Crippen LogP contribution in [0.25, 0.3) is 32.9 Å². The van der Waals surface area contributed by atoms with Crippen LogP contribution in [0.1, 0.15) is 38.2 Å². The van der Waals surface area contributed by atoms with Crippen LogP contribution < -0.4 is 15.0 Å². The van der Waals surface area contributed by atoms with Gasteiger partial charge in [0.2, 0.25) is 5.91 Å². The fraction of sp³-hybridized carbons (Fsp3) is 0.471. The number of halogens is 3. The molecule has 4 aliphatic heterocycles. The standard InChI is InChI=1S/C34H35F3N6O4/c1-2-22-25(36)5-4-19-10-21(44)11-23(27(19)22)29-28(37)30-24(14-38-29)31(42-8-9-46-17-33(16-42)13-26(45)41-33)40-32(39-30)47-18-34-6-3-7-43(34)15-20(35)12-34/h4-5,10-11,14,20,44H,2-3,6-9,12-13,15-18H2,1H3,(H,41,45)/t20?,33?,34-/m0/s1. The summed E-state index contributed by atoms with van der Waals surface area (Å²) >= 11 is 0. The molecule has 13 heteroatoms. The van der Waals surface area contributed by atoms with Gasteiger partial charge in [-0.2, -0.15) is 9.97 Å². The van der Waals surface area contributed by atoms with Gasteiger partial charge in [0.15, 0.2) is 5.82 Å². The number of ether oxygens (including phenoxy) is 2. The van der Waals surface area contributed by atoms with Crippen molar-refractivity contribution in [2.45, 2.75) is 56.3 Å². The third kappa shape index (κ3) is 5.02. The Morgan fingerprint density at radius 2 is 2.06 bits per heavy atom. The lowest BCUT2D eigenvalue weighted by atomic mass is 9.87. The number of nitrogens with one attached hydrogen (secondary N) is 1. The number of fused-ring (bicyclic) bond motifs is 3. The van der Waals surface area contributed by atoms with E-state index >= 15 is 4.39 Å². The van der Waals surface area contributed by atoms with Gasteiger partial charge in [-0.15, -0.1) is 0 Å². The van der Waals surface area contributed by atoms with Gasteiger partial charge in [0.25, 0.3) is 0 Å². The van der Waals surface area contributed by atoms with Gasteiger partial charge in [0, 0.05) is 37.8 Å². The molecular formula is C34H35F3N6O4. The van der Waals surface area contributed by atoms with Gasteiger partial charge >= 0.3 is 6.01 Å². The maximum atomic E-state index is 16.9. The number of hydrogen-bond donors (Lipinski definition) is 2. The monoisotopic (exact) mass is 648 g/mol. The number of benzene rings is 2. The molecule has 10 nitrogen and oxygen atoms in total. The number of amides is 1. The van der Waals surface area contributed by atoms with Crippen molar-refractivity contribution in [1.82, 2.24) is 25.2 Å². The van der Waals surface area contributed by atoms with E-state index in [0.717, 1.165) is 19.4 Å². The molecule has 2 N–H and O–H groups in total. The Balaban J connectivity index is 1.27. The van der Waals surface area contributed by atoms with Crippen molar-refractivity contribution in [2.24, 2.45) is 0 Å². The van der Waals surface area contributed by atoms with E-state index in [9.17, 15) is 18.7 Å². The highest BCUT2D eigenvalue weighted by molar-refractivity contribution is 6.01.